The highest BCUT2D eigenvalue weighted by molar-refractivity contribution is 5.99. The van der Waals surface area contributed by atoms with Gasteiger partial charge >= 0.3 is 11.9 Å². The quantitative estimate of drug-likeness (QED) is 0.268. The minimum Gasteiger partial charge on any atom is -0.493 e. The number of pyridine rings is 1. The fraction of sp³-hybridized carbons (Fsp3) is 0.619. The number of hydrogen-bond donors (Lipinski definition) is 0. The number of ether oxygens (including phenoxy) is 5. The van der Waals surface area contributed by atoms with Crippen LogP contribution < -0.4 is 9.47 Å². The van der Waals surface area contributed by atoms with E-state index in [9.17, 15) is 14.4 Å². The second-order valence-corrected chi connectivity index (χ2v) is 7.30. The molecule has 168 valence electrons. The van der Waals surface area contributed by atoms with Gasteiger partial charge in [0.15, 0.2) is 23.0 Å². The fourth-order valence-electron chi connectivity index (χ4n) is 2.38. The van der Waals surface area contributed by atoms with Crippen molar-refractivity contribution < 1.29 is 38.1 Å². The lowest BCUT2D eigenvalue weighted by molar-refractivity contribution is -0.155. The van der Waals surface area contributed by atoms with Gasteiger partial charge in [0, 0.05) is 32.2 Å². The van der Waals surface area contributed by atoms with Gasteiger partial charge in [0.05, 0.1) is 19.6 Å². The predicted molar refractivity (Wildman–Crippen MR) is 107 cm³/mol. The summed E-state index contributed by atoms with van der Waals surface area (Å²) in [6, 6.07) is 1.51. The Balaban J connectivity index is 2.73. The van der Waals surface area contributed by atoms with Crippen LogP contribution in [0.25, 0.3) is 0 Å². The largest absolute Gasteiger partial charge is 0.493 e. The van der Waals surface area contributed by atoms with Crippen molar-refractivity contribution >= 4 is 17.7 Å². The first-order valence-corrected chi connectivity index (χ1v) is 9.76. The van der Waals surface area contributed by atoms with E-state index in [4.69, 9.17) is 23.7 Å². The summed E-state index contributed by atoms with van der Waals surface area (Å²) in [6.45, 7) is 9.09. The van der Waals surface area contributed by atoms with E-state index in [1.807, 2.05) is 13.8 Å². The Labute approximate surface area is 177 Å². The topological polar surface area (TPSA) is 110 Å². The first-order valence-electron chi connectivity index (χ1n) is 9.76. The van der Waals surface area contributed by atoms with Crippen molar-refractivity contribution in [2.24, 2.45) is 11.8 Å². The average Bonchev–Trinajstić information content (AvgIpc) is 2.67. The maximum atomic E-state index is 12.7. The SMILES string of the molecule is COc1ccnc(C(=O)C[C@@H](C)C(=O)O[C@@H](C)COCC(C)C)c1OCOC(C)=O. The van der Waals surface area contributed by atoms with Crippen LogP contribution in [0, 0.1) is 11.8 Å². The maximum absolute atomic E-state index is 12.7. The third-order valence-corrected chi connectivity index (χ3v) is 3.83. The summed E-state index contributed by atoms with van der Waals surface area (Å²) in [5, 5.41) is 0. The lowest BCUT2D eigenvalue weighted by atomic mass is 10.0. The first kappa shape index (κ1) is 25.4. The van der Waals surface area contributed by atoms with Crippen molar-refractivity contribution in [3.05, 3.63) is 18.0 Å². The molecule has 0 spiro atoms. The number of esters is 2. The van der Waals surface area contributed by atoms with Crippen LogP contribution in [0.15, 0.2) is 12.3 Å². The molecule has 9 nitrogen and oxygen atoms in total. The molecule has 0 aromatic carbocycles. The standard InChI is InChI=1S/C21H31NO8/c1-13(2)10-27-11-15(4)30-21(25)14(3)9-17(24)19-20(29-12-28-16(5)23)18(26-6)7-8-22-19/h7-8,13-15H,9-12H2,1-6H3/t14-,15+/m1/s1. The van der Waals surface area contributed by atoms with Crippen LogP contribution in [0.3, 0.4) is 0 Å². The number of nitrogens with zero attached hydrogens (tertiary/aromatic N) is 1. The van der Waals surface area contributed by atoms with E-state index in [1.165, 1.54) is 26.3 Å². The monoisotopic (exact) mass is 425 g/mol. The molecule has 0 aliphatic rings. The molecule has 1 heterocycles. The molecule has 1 aromatic heterocycles. The molecule has 0 N–H and O–H groups in total. The number of carbonyl (C=O) groups excluding carboxylic acids is 3. The zero-order chi connectivity index (χ0) is 22.7. The summed E-state index contributed by atoms with van der Waals surface area (Å²) in [7, 11) is 1.41. The van der Waals surface area contributed by atoms with E-state index in [1.54, 1.807) is 13.8 Å². The van der Waals surface area contributed by atoms with Crippen molar-refractivity contribution in [2.45, 2.75) is 47.1 Å². The number of carbonyl (C=O) groups is 3. The minimum atomic E-state index is -0.695. The molecular weight excluding hydrogens is 394 g/mol. The van der Waals surface area contributed by atoms with Crippen molar-refractivity contribution in [3.8, 4) is 11.5 Å². The van der Waals surface area contributed by atoms with Gasteiger partial charge in [0.25, 0.3) is 0 Å². The first-order chi connectivity index (χ1) is 14.1. The zero-order valence-electron chi connectivity index (χ0n) is 18.4. The maximum Gasteiger partial charge on any atom is 0.309 e. The van der Waals surface area contributed by atoms with Crippen molar-refractivity contribution in [3.63, 3.8) is 0 Å². The highest BCUT2D eigenvalue weighted by Gasteiger charge is 2.25. The van der Waals surface area contributed by atoms with Gasteiger partial charge in [-0.1, -0.05) is 20.8 Å². The van der Waals surface area contributed by atoms with Gasteiger partial charge in [-0.05, 0) is 12.8 Å². The molecule has 0 bridgehead atoms. The van der Waals surface area contributed by atoms with Gasteiger partial charge < -0.3 is 23.7 Å². The molecule has 0 aliphatic heterocycles. The molecule has 0 fully saturated rings. The van der Waals surface area contributed by atoms with E-state index in [0.29, 0.717) is 12.5 Å². The van der Waals surface area contributed by atoms with E-state index < -0.39 is 36.5 Å². The van der Waals surface area contributed by atoms with Crippen LogP contribution in [0.4, 0.5) is 0 Å². The van der Waals surface area contributed by atoms with Gasteiger partial charge in [0.2, 0.25) is 6.79 Å². The summed E-state index contributed by atoms with van der Waals surface area (Å²) in [5.41, 5.74) is -0.0190. The summed E-state index contributed by atoms with van der Waals surface area (Å²) < 4.78 is 26.1. The second-order valence-electron chi connectivity index (χ2n) is 7.30. The molecule has 0 unspecified atom stereocenters. The van der Waals surface area contributed by atoms with Crippen molar-refractivity contribution in [2.75, 3.05) is 27.1 Å². The summed E-state index contributed by atoms with van der Waals surface area (Å²) in [6.07, 6.45) is 0.830. The lowest BCUT2D eigenvalue weighted by Gasteiger charge is -2.18. The summed E-state index contributed by atoms with van der Waals surface area (Å²) >= 11 is 0. The zero-order valence-corrected chi connectivity index (χ0v) is 18.4. The summed E-state index contributed by atoms with van der Waals surface area (Å²) in [5.74, 6) is -1.48. The molecule has 0 radical (unpaired) electrons. The third kappa shape index (κ3) is 8.77. The molecule has 2 atom stereocenters. The Morgan fingerprint density at radius 1 is 1.10 bits per heavy atom. The molecule has 0 amide bonds. The molecule has 1 aromatic rings. The molecular formula is C21H31NO8. The number of ketones is 1. The highest BCUT2D eigenvalue weighted by atomic mass is 16.7. The van der Waals surface area contributed by atoms with Crippen LogP contribution in [0.5, 0.6) is 11.5 Å². The van der Waals surface area contributed by atoms with E-state index in [-0.39, 0.29) is 30.2 Å². The molecule has 9 heteroatoms. The van der Waals surface area contributed by atoms with Crippen LogP contribution >= 0.6 is 0 Å². The van der Waals surface area contributed by atoms with E-state index >= 15 is 0 Å². The lowest BCUT2D eigenvalue weighted by Crippen LogP contribution is -2.26. The number of aromatic nitrogens is 1. The van der Waals surface area contributed by atoms with Gasteiger partial charge in [-0.3, -0.25) is 14.4 Å². The average molecular weight is 425 g/mol. The van der Waals surface area contributed by atoms with E-state index in [0.717, 1.165) is 0 Å². The Hall–Kier alpha value is -2.68. The molecule has 0 saturated heterocycles. The second kappa shape index (κ2) is 12.8. The molecule has 0 saturated carbocycles. The van der Waals surface area contributed by atoms with Crippen LogP contribution in [0.1, 0.15) is 51.5 Å². The third-order valence-electron chi connectivity index (χ3n) is 3.83. The normalized spacial score (nSPS) is 12.8. The fourth-order valence-corrected chi connectivity index (χ4v) is 2.38. The van der Waals surface area contributed by atoms with E-state index in [2.05, 4.69) is 4.98 Å². The van der Waals surface area contributed by atoms with Crippen molar-refractivity contribution in [1.29, 1.82) is 0 Å². The minimum absolute atomic E-state index is 0.0190. The van der Waals surface area contributed by atoms with Crippen LogP contribution in [-0.2, 0) is 23.8 Å². The predicted octanol–water partition coefficient (Wildman–Crippen LogP) is 2.80. The Kier molecular flexibility index (Phi) is 10.8. The van der Waals surface area contributed by atoms with Gasteiger partial charge in [-0.25, -0.2) is 4.98 Å². The number of hydrogen-bond acceptors (Lipinski definition) is 9. The number of methoxy groups -OCH3 is 1. The molecule has 0 aliphatic carbocycles. The Bertz CT molecular complexity index is 719. The Morgan fingerprint density at radius 3 is 2.40 bits per heavy atom. The van der Waals surface area contributed by atoms with Gasteiger partial charge in [0.1, 0.15) is 6.10 Å². The van der Waals surface area contributed by atoms with Gasteiger partial charge in [-0.15, -0.1) is 0 Å². The summed E-state index contributed by atoms with van der Waals surface area (Å²) in [4.78, 5) is 40.0. The van der Waals surface area contributed by atoms with Crippen molar-refractivity contribution in [1.82, 2.24) is 4.98 Å². The highest BCUT2D eigenvalue weighted by Crippen LogP contribution is 2.31. The Morgan fingerprint density at radius 2 is 1.80 bits per heavy atom. The smallest absolute Gasteiger partial charge is 0.309 e. The number of Topliss-reactive ketones (excluding diaryl/α,β-unsaturated/α-hetero) is 1. The van der Waals surface area contributed by atoms with Crippen LogP contribution in [0.2, 0.25) is 0 Å². The molecule has 1 rings (SSSR count). The molecule has 30 heavy (non-hydrogen) atoms. The number of rotatable bonds is 13. The van der Waals surface area contributed by atoms with Crippen LogP contribution in [-0.4, -0.2) is 55.9 Å². The van der Waals surface area contributed by atoms with Gasteiger partial charge in [-0.2, -0.15) is 0 Å².